The number of H-pyrrole nitrogens is 1. The molecule has 16 heteroatoms. The highest BCUT2D eigenvalue weighted by atomic mass is 32.2. The summed E-state index contributed by atoms with van der Waals surface area (Å²) in [5.41, 5.74) is 13.7. The number of anilines is 2. The second kappa shape index (κ2) is 34.3. The van der Waals surface area contributed by atoms with Crippen LogP contribution in [0.1, 0.15) is 159 Å². The van der Waals surface area contributed by atoms with Crippen LogP contribution in [-0.4, -0.2) is 52.4 Å². The molecule has 84 heavy (non-hydrogen) atoms. The van der Waals surface area contributed by atoms with Gasteiger partial charge in [0.2, 0.25) is 5.82 Å². The van der Waals surface area contributed by atoms with Crippen molar-refractivity contribution < 1.29 is 25.9 Å². The maximum Gasteiger partial charge on any atom is 0.294 e. The molecule has 1 aliphatic rings. The van der Waals surface area contributed by atoms with Gasteiger partial charge in [0, 0.05) is 22.3 Å². The van der Waals surface area contributed by atoms with E-state index in [0.29, 0.717) is 11.7 Å². The molecular formula is C68H84N8O6S2. The number of hydrazone groups is 1. The SMILES string of the molecule is CCCCCCCCCCCCc1ccc(S(=O)(=O)O)cc1.CCCCCCCCCCCCc1ccc(S(=O)(=O)O)cc1.c1ccc(-c2c(C3=NN(c4ccccc4)N(c4ccccc4)N3)ccc(-c3nn[nH]n3)c2-c2ccccc2)cc1. The van der Waals surface area contributed by atoms with Gasteiger partial charge in [0.1, 0.15) is 0 Å². The molecule has 9 rings (SSSR count). The number of benzene rings is 7. The summed E-state index contributed by atoms with van der Waals surface area (Å²) in [4.78, 5) is -0.0568. The normalized spacial score (nSPS) is 12.2. The average Bonchev–Trinajstić information content (AvgIpc) is 2.31. The Labute approximate surface area is 499 Å². The van der Waals surface area contributed by atoms with E-state index in [2.05, 4.69) is 70.2 Å². The molecule has 0 spiro atoms. The number of aromatic amines is 1. The van der Waals surface area contributed by atoms with Crippen molar-refractivity contribution in [2.45, 2.75) is 165 Å². The van der Waals surface area contributed by atoms with Crippen LogP contribution >= 0.6 is 0 Å². The predicted molar refractivity (Wildman–Crippen MR) is 342 cm³/mol. The van der Waals surface area contributed by atoms with E-state index in [1.807, 2.05) is 113 Å². The molecule has 0 radical (unpaired) electrons. The summed E-state index contributed by atoms with van der Waals surface area (Å²) in [6.07, 6.45) is 28.3. The van der Waals surface area contributed by atoms with Gasteiger partial charge in [-0.1, -0.05) is 251 Å². The van der Waals surface area contributed by atoms with Gasteiger partial charge >= 0.3 is 0 Å². The van der Waals surface area contributed by atoms with Crippen LogP contribution in [0.25, 0.3) is 33.6 Å². The Balaban J connectivity index is 0.000000197. The number of unbranched alkanes of at least 4 members (excludes halogenated alkanes) is 18. The molecule has 0 saturated carbocycles. The quantitative estimate of drug-likeness (QED) is 0.0246. The molecule has 0 unspecified atom stereocenters. The van der Waals surface area contributed by atoms with Gasteiger partial charge in [0.05, 0.1) is 21.2 Å². The minimum atomic E-state index is -4.06. The van der Waals surface area contributed by atoms with E-state index >= 15 is 0 Å². The lowest BCUT2D eigenvalue weighted by Gasteiger charge is -2.28. The predicted octanol–water partition coefficient (Wildman–Crippen LogP) is 17.1. The Morgan fingerprint density at radius 2 is 0.786 bits per heavy atom. The molecule has 1 aromatic heterocycles. The zero-order valence-corrected chi connectivity index (χ0v) is 50.5. The molecule has 0 amide bonds. The molecule has 0 bridgehead atoms. The zero-order valence-electron chi connectivity index (χ0n) is 48.9. The van der Waals surface area contributed by atoms with E-state index < -0.39 is 20.2 Å². The van der Waals surface area contributed by atoms with E-state index in [9.17, 15) is 16.8 Å². The number of hydrazine groups is 2. The van der Waals surface area contributed by atoms with Crippen LogP contribution in [0.15, 0.2) is 197 Å². The Morgan fingerprint density at radius 3 is 1.18 bits per heavy atom. The third-order valence-corrected chi connectivity index (χ3v) is 16.6. The molecule has 0 fully saturated rings. The smallest absolute Gasteiger partial charge is 0.282 e. The van der Waals surface area contributed by atoms with Crippen LogP contribution in [0.4, 0.5) is 11.4 Å². The summed E-state index contributed by atoms with van der Waals surface area (Å²) in [7, 11) is -8.13. The number of nitrogens with zero attached hydrogens (tertiary/aromatic N) is 6. The lowest BCUT2D eigenvalue weighted by atomic mass is 9.86. The number of amidine groups is 1. The van der Waals surface area contributed by atoms with Crippen molar-refractivity contribution in [3.8, 4) is 33.6 Å². The van der Waals surface area contributed by atoms with Gasteiger partial charge in [0.25, 0.3) is 20.2 Å². The molecule has 4 N–H and O–H groups in total. The first kappa shape index (κ1) is 64.1. The first-order chi connectivity index (χ1) is 40.9. The van der Waals surface area contributed by atoms with Crippen LogP contribution in [-0.2, 0) is 33.1 Å². The highest BCUT2D eigenvalue weighted by molar-refractivity contribution is 7.86. The van der Waals surface area contributed by atoms with Crippen molar-refractivity contribution >= 4 is 37.4 Å². The van der Waals surface area contributed by atoms with E-state index in [0.717, 1.165) is 81.6 Å². The second-order valence-corrected chi connectivity index (χ2v) is 24.2. The van der Waals surface area contributed by atoms with E-state index in [1.165, 1.54) is 140 Å². The summed E-state index contributed by atoms with van der Waals surface area (Å²) in [6.45, 7) is 4.49. The lowest BCUT2D eigenvalue weighted by molar-refractivity contribution is 0.481. The first-order valence-electron chi connectivity index (χ1n) is 30.1. The summed E-state index contributed by atoms with van der Waals surface area (Å²) in [6, 6.07) is 58.0. The molecule has 0 saturated heterocycles. The minimum Gasteiger partial charge on any atom is -0.282 e. The highest BCUT2D eigenvalue weighted by Gasteiger charge is 2.30. The van der Waals surface area contributed by atoms with E-state index in [-0.39, 0.29) is 9.79 Å². The van der Waals surface area contributed by atoms with Crippen molar-refractivity contribution in [1.29, 1.82) is 0 Å². The third kappa shape index (κ3) is 20.4. The van der Waals surface area contributed by atoms with Crippen LogP contribution in [0.5, 0.6) is 0 Å². The number of rotatable bonds is 30. The molecule has 8 aromatic rings. The molecule has 0 atom stereocenters. The summed E-state index contributed by atoms with van der Waals surface area (Å²) in [5, 5.41) is 24.0. The van der Waals surface area contributed by atoms with Gasteiger partial charge in [-0.2, -0.15) is 32.3 Å². The van der Waals surface area contributed by atoms with Gasteiger partial charge in [-0.25, -0.2) is 0 Å². The van der Waals surface area contributed by atoms with E-state index in [4.69, 9.17) is 14.2 Å². The topological polar surface area (TPSA) is 194 Å². The van der Waals surface area contributed by atoms with Gasteiger partial charge < -0.3 is 0 Å². The Hall–Kier alpha value is -7.50. The van der Waals surface area contributed by atoms with Crippen molar-refractivity contribution in [2.75, 3.05) is 10.2 Å². The lowest BCUT2D eigenvalue weighted by Crippen LogP contribution is -2.44. The maximum absolute atomic E-state index is 10.9. The highest BCUT2D eigenvalue weighted by Crippen LogP contribution is 2.42. The fraction of sp³-hybridized carbons (Fsp3) is 0.353. The van der Waals surface area contributed by atoms with Crippen LogP contribution in [0, 0.1) is 0 Å². The van der Waals surface area contributed by atoms with Gasteiger partial charge in [-0.3, -0.25) is 14.5 Å². The van der Waals surface area contributed by atoms with Crippen molar-refractivity contribution in [2.24, 2.45) is 5.10 Å². The van der Waals surface area contributed by atoms with Crippen molar-refractivity contribution in [3.05, 3.63) is 199 Å². The van der Waals surface area contributed by atoms with Gasteiger partial charge in [-0.05, 0) is 114 Å². The molecule has 7 aromatic carbocycles. The maximum atomic E-state index is 10.9. The molecule has 2 heterocycles. The van der Waals surface area contributed by atoms with Crippen molar-refractivity contribution in [1.82, 2.24) is 26.0 Å². The minimum absolute atomic E-state index is 0.0284. The standard InChI is InChI=1S/C32H24N8.2C18H30O3S/c1-5-13-23(14-6-1)29-27(31-33-37-38-34-31)21-22-28(30(29)24-15-7-2-8-16-24)32-35-39(25-17-9-3-10-18-25)40(36-32)26-19-11-4-12-20-26;2*1-2-3-4-5-6-7-8-9-10-11-12-17-13-15-18(16-14-17)22(19,20)21/h1-22H,(H,35,36)(H,33,34,37,38);2*13-16H,2-12H2,1H3,(H,19,20,21). The second-order valence-electron chi connectivity index (χ2n) is 21.3. The fourth-order valence-electron chi connectivity index (χ4n) is 10.3. The van der Waals surface area contributed by atoms with Crippen LogP contribution in [0.3, 0.4) is 0 Å². The fourth-order valence-corrected chi connectivity index (χ4v) is 11.2. The number of aryl methyl sites for hydroxylation is 2. The molecule has 1 aliphatic heterocycles. The number of tetrazole rings is 1. The number of hydrogen-bond donors (Lipinski definition) is 4. The Kier molecular flexibility index (Phi) is 26.2. The van der Waals surface area contributed by atoms with Gasteiger partial charge in [-0.15, -0.1) is 15.3 Å². The number of para-hydroxylation sites is 2. The Morgan fingerprint density at radius 1 is 0.417 bits per heavy atom. The monoisotopic (exact) mass is 1170 g/mol. The summed E-state index contributed by atoms with van der Waals surface area (Å²) in [5.74, 6) is 1.24. The first-order valence-corrected chi connectivity index (χ1v) is 33.0. The molecule has 14 nitrogen and oxygen atoms in total. The van der Waals surface area contributed by atoms with Crippen LogP contribution < -0.4 is 15.7 Å². The Bertz CT molecular complexity index is 3300. The molecular weight excluding hydrogens is 1090 g/mol. The van der Waals surface area contributed by atoms with Crippen molar-refractivity contribution in [3.63, 3.8) is 0 Å². The number of nitrogens with one attached hydrogen (secondary N) is 2. The van der Waals surface area contributed by atoms with Gasteiger partial charge in [0.15, 0.2) is 5.84 Å². The zero-order chi connectivity index (χ0) is 59.2. The number of hydrogen-bond acceptors (Lipinski definition) is 11. The van der Waals surface area contributed by atoms with E-state index in [1.54, 1.807) is 24.3 Å². The van der Waals surface area contributed by atoms with Crippen LogP contribution in [0.2, 0.25) is 0 Å². The number of aromatic nitrogens is 4. The largest absolute Gasteiger partial charge is 0.294 e. The molecule has 0 aliphatic carbocycles. The average molecular weight is 1170 g/mol. The third-order valence-electron chi connectivity index (χ3n) is 14.8. The molecule has 444 valence electrons. The summed E-state index contributed by atoms with van der Waals surface area (Å²) < 4.78 is 61.6. The summed E-state index contributed by atoms with van der Waals surface area (Å²) >= 11 is 0.